The second kappa shape index (κ2) is 4.74. The molecule has 0 N–H and O–H groups in total. The van der Waals surface area contributed by atoms with Crippen LogP contribution in [0.2, 0.25) is 0 Å². The summed E-state index contributed by atoms with van der Waals surface area (Å²) in [5, 5.41) is 0. The van der Waals surface area contributed by atoms with Crippen LogP contribution in [0.25, 0.3) is 11.3 Å². The van der Waals surface area contributed by atoms with E-state index in [2.05, 4.69) is 14.7 Å². The van der Waals surface area contributed by atoms with Crippen LogP contribution in [0, 0.1) is 6.92 Å². The van der Waals surface area contributed by atoms with Gasteiger partial charge in [-0.3, -0.25) is 9.97 Å². The van der Waals surface area contributed by atoms with Gasteiger partial charge in [-0.05, 0) is 25.1 Å². The highest BCUT2D eigenvalue weighted by molar-refractivity contribution is 5.90. The summed E-state index contributed by atoms with van der Waals surface area (Å²) in [5.74, 6) is -0.396. The minimum atomic E-state index is -0.396. The molecule has 0 aliphatic heterocycles. The number of carbonyl (C=O) groups excluding carboxylic acids is 1. The van der Waals surface area contributed by atoms with Gasteiger partial charge < -0.3 is 4.74 Å². The molecule has 0 aliphatic rings. The predicted octanol–water partition coefficient (Wildman–Crippen LogP) is 2.24. The summed E-state index contributed by atoms with van der Waals surface area (Å²) in [6, 6.07) is 7.44. The maximum Gasteiger partial charge on any atom is 0.339 e. The van der Waals surface area contributed by atoms with Gasteiger partial charge >= 0.3 is 5.97 Å². The summed E-state index contributed by atoms with van der Waals surface area (Å²) in [6.45, 7) is 1.92. The largest absolute Gasteiger partial charge is 0.465 e. The fraction of sp³-hybridized carbons (Fsp3) is 0.154. The summed E-state index contributed by atoms with van der Waals surface area (Å²) in [6.07, 6.45) is 3.15. The third-order valence-electron chi connectivity index (χ3n) is 2.34. The van der Waals surface area contributed by atoms with Crippen molar-refractivity contribution >= 4 is 5.97 Å². The van der Waals surface area contributed by atoms with Gasteiger partial charge in [0.15, 0.2) is 0 Å². The van der Waals surface area contributed by atoms with Gasteiger partial charge in [0.25, 0.3) is 0 Å². The van der Waals surface area contributed by atoms with Gasteiger partial charge in [0.1, 0.15) is 0 Å². The lowest BCUT2D eigenvalue weighted by Crippen LogP contribution is -2.02. The van der Waals surface area contributed by atoms with E-state index in [0.717, 1.165) is 17.0 Å². The van der Waals surface area contributed by atoms with E-state index in [9.17, 15) is 4.79 Å². The molecular weight excluding hydrogens is 216 g/mol. The van der Waals surface area contributed by atoms with Crippen LogP contribution in [0.3, 0.4) is 0 Å². The number of pyridine rings is 2. The molecule has 0 fully saturated rings. The lowest BCUT2D eigenvalue weighted by atomic mass is 10.1. The third-order valence-corrected chi connectivity index (χ3v) is 2.34. The minimum Gasteiger partial charge on any atom is -0.465 e. The number of rotatable bonds is 2. The quantitative estimate of drug-likeness (QED) is 0.740. The molecule has 2 rings (SSSR count). The van der Waals surface area contributed by atoms with Crippen molar-refractivity contribution in [2.24, 2.45) is 0 Å². The average Bonchev–Trinajstić information content (AvgIpc) is 2.38. The average molecular weight is 228 g/mol. The van der Waals surface area contributed by atoms with Gasteiger partial charge in [-0.2, -0.15) is 0 Å². The molecule has 0 saturated heterocycles. The SMILES string of the molecule is COC(=O)c1cncc(-c2cccc(C)n2)c1. The zero-order valence-electron chi connectivity index (χ0n) is 9.68. The number of aromatic nitrogens is 2. The van der Waals surface area contributed by atoms with E-state index in [1.54, 1.807) is 12.3 Å². The van der Waals surface area contributed by atoms with E-state index >= 15 is 0 Å². The Morgan fingerprint density at radius 2 is 2.12 bits per heavy atom. The van der Waals surface area contributed by atoms with Crippen LogP contribution in [0.5, 0.6) is 0 Å². The molecular formula is C13H12N2O2. The van der Waals surface area contributed by atoms with Gasteiger partial charge in [0.2, 0.25) is 0 Å². The van der Waals surface area contributed by atoms with Crippen LogP contribution in [0.4, 0.5) is 0 Å². The number of esters is 1. The Kier molecular flexibility index (Phi) is 3.14. The Morgan fingerprint density at radius 1 is 1.29 bits per heavy atom. The van der Waals surface area contributed by atoms with E-state index < -0.39 is 5.97 Å². The van der Waals surface area contributed by atoms with Crippen molar-refractivity contribution in [3.05, 3.63) is 47.9 Å². The van der Waals surface area contributed by atoms with Crippen molar-refractivity contribution in [2.45, 2.75) is 6.92 Å². The van der Waals surface area contributed by atoms with Crippen LogP contribution >= 0.6 is 0 Å². The number of ether oxygens (including phenoxy) is 1. The van der Waals surface area contributed by atoms with Crippen molar-refractivity contribution in [1.82, 2.24) is 9.97 Å². The smallest absolute Gasteiger partial charge is 0.339 e. The zero-order chi connectivity index (χ0) is 12.3. The summed E-state index contributed by atoms with van der Waals surface area (Å²) in [5.41, 5.74) is 2.94. The van der Waals surface area contributed by atoms with Crippen LogP contribution in [0.15, 0.2) is 36.7 Å². The van der Waals surface area contributed by atoms with Crippen LogP contribution in [0.1, 0.15) is 16.1 Å². The lowest BCUT2D eigenvalue weighted by Gasteiger charge is -2.03. The van der Waals surface area contributed by atoms with E-state index in [1.807, 2.05) is 25.1 Å². The van der Waals surface area contributed by atoms with Crippen LogP contribution in [-0.2, 0) is 4.74 Å². The Labute approximate surface area is 99.3 Å². The zero-order valence-corrected chi connectivity index (χ0v) is 9.68. The highest BCUT2D eigenvalue weighted by Gasteiger charge is 2.08. The van der Waals surface area contributed by atoms with E-state index in [0.29, 0.717) is 5.56 Å². The molecule has 0 atom stereocenters. The number of hydrogen-bond donors (Lipinski definition) is 0. The van der Waals surface area contributed by atoms with Crippen molar-refractivity contribution in [1.29, 1.82) is 0 Å². The van der Waals surface area contributed by atoms with Gasteiger partial charge in [-0.15, -0.1) is 0 Å². The minimum absolute atomic E-state index is 0.396. The summed E-state index contributed by atoms with van der Waals surface area (Å²) < 4.78 is 4.65. The number of hydrogen-bond acceptors (Lipinski definition) is 4. The molecule has 0 spiro atoms. The normalized spacial score (nSPS) is 10.0. The Morgan fingerprint density at radius 3 is 2.82 bits per heavy atom. The lowest BCUT2D eigenvalue weighted by molar-refractivity contribution is 0.0600. The fourth-order valence-electron chi connectivity index (χ4n) is 1.51. The molecule has 0 unspecified atom stereocenters. The molecule has 0 aromatic carbocycles. The Hall–Kier alpha value is -2.23. The first-order valence-electron chi connectivity index (χ1n) is 5.18. The number of aryl methyl sites for hydroxylation is 1. The first-order chi connectivity index (χ1) is 8.20. The monoisotopic (exact) mass is 228 g/mol. The molecule has 0 saturated carbocycles. The highest BCUT2D eigenvalue weighted by Crippen LogP contribution is 2.17. The third kappa shape index (κ3) is 2.47. The molecule has 17 heavy (non-hydrogen) atoms. The Balaban J connectivity index is 2.43. The van der Waals surface area contributed by atoms with E-state index in [4.69, 9.17) is 0 Å². The summed E-state index contributed by atoms with van der Waals surface area (Å²) in [4.78, 5) is 19.8. The molecule has 4 heteroatoms. The molecule has 4 nitrogen and oxygen atoms in total. The first-order valence-corrected chi connectivity index (χ1v) is 5.18. The maximum absolute atomic E-state index is 11.4. The molecule has 2 heterocycles. The van der Waals surface area contributed by atoms with Crippen molar-refractivity contribution in [3.8, 4) is 11.3 Å². The van der Waals surface area contributed by atoms with Crippen LogP contribution in [-0.4, -0.2) is 23.0 Å². The molecule has 0 aliphatic carbocycles. The van der Waals surface area contributed by atoms with Gasteiger partial charge in [0, 0.05) is 23.7 Å². The Bertz CT molecular complexity index is 553. The molecule has 0 radical (unpaired) electrons. The number of carbonyl (C=O) groups is 1. The van der Waals surface area contributed by atoms with Gasteiger partial charge in [-0.25, -0.2) is 4.79 Å². The molecule has 0 amide bonds. The van der Waals surface area contributed by atoms with Gasteiger partial charge in [0.05, 0.1) is 18.4 Å². The first kappa shape index (κ1) is 11.3. The number of methoxy groups -OCH3 is 1. The molecule has 2 aromatic rings. The van der Waals surface area contributed by atoms with Crippen molar-refractivity contribution in [3.63, 3.8) is 0 Å². The van der Waals surface area contributed by atoms with Crippen molar-refractivity contribution in [2.75, 3.05) is 7.11 Å². The number of nitrogens with zero attached hydrogens (tertiary/aromatic N) is 2. The van der Waals surface area contributed by atoms with Crippen LogP contribution < -0.4 is 0 Å². The standard InChI is InChI=1S/C13H12N2O2/c1-9-4-3-5-12(15-9)10-6-11(8-14-7-10)13(16)17-2/h3-8H,1-2H3. The molecule has 86 valence electrons. The highest BCUT2D eigenvalue weighted by atomic mass is 16.5. The topological polar surface area (TPSA) is 52.1 Å². The summed E-state index contributed by atoms with van der Waals surface area (Å²) in [7, 11) is 1.35. The molecule has 2 aromatic heterocycles. The maximum atomic E-state index is 11.4. The van der Waals surface area contributed by atoms with E-state index in [1.165, 1.54) is 13.3 Å². The fourth-order valence-corrected chi connectivity index (χ4v) is 1.51. The van der Waals surface area contributed by atoms with E-state index in [-0.39, 0.29) is 0 Å². The predicted molar refractivity (Wildman–Crippen MR) is 63.5 cm³/mol. The molecule has 0 bridgehead atoms. The van der Waals surface area contributed by atoms with Crippen molar-refractivity contribution < 1.29 is 9.53 Å². The second-order valence-corrected chi connectivity index (χ2v) is 3.62. The van der Waals surface area contributed by atoms with Gasteiger partial charge in [-0.1, -0.05) is 6.07 Å². The second-order valence-electron chi connectivity index (χ2n) is 3.62. The summed E-state index contributed by atoms with van der Waals surface area (Å²) >= 11 is 0.